The van der Waals surface area contributed by atoms with E-state index in [-0.39, 0.29) is 5.91 Å². The van der Waals surface area contributed by atoms with Crippen LogP contribution in [0.15, 0.2) is 29.4 Å². The van der Waals surface area contributed by atoms with Gasteiger partial charge in [0.25, 0.3) is 5.91 Å². The highest BCUT2D eigenvalue weighted by Crippen LogP contribution is 2.10. The van der Waals surface area contributed by atoms with Gasteiger partial charge in [0.15, 0.2) is 0 Å². The molecule has 0 aliphatic heterocycles. The number of halogens is 1. The molecule has 0 spiro atoms. The van der Waals surface area contributed by atoms with Gasteiger partial charge in [-0.05, 0) is 31.0 Å². The summed E-state index contributed by atoms with van der Waals surface area (Å²) in [5.41, 5.74) is 3.89. The van der Waals surface area contributed by atoms with E-state index in [1.807, 2.05) is 20.8 Å². The maximum Gasteiger partial charge on any atom is 0.271 e. The lowest BCUT2D eigenvalue weighted by Crippen LogP contribution is -2.20. The van der Waals surface area contributed by atoms with E-state index < -0.39 is 0 Å². The van der Waals surface area contributed by atoms with Crippen LogP contribution in [0.25, 0.3) is 0 Å². The Balaban J connectivity index is 2.70. The first-order valence-electron chi connectivity index (χ1n) is 5.11. The molecule has 0 fully saturated rings. The average Bonchev–Trinajstić information content (AvgIpc) is 2.25. The summed E-state index contributed by atoms with van der Waals surface area (Å²) in [5.74, 6) is 0.0714. The molecule has 1 aromatic carbocycles. The number of rotatable bonds is 3. The minimum Gasteiger partial charge on any atom is -0.267 e. The number of carbonyl (C=O) groups excluding carboxylic acids is 1. The number of nitrogens with zero attached hydrogens (tertiary/aromatic N) is 1. The number of hydrogen-bond acceptors (Lipinski definition) is 2. The highest BCUT2D eigenvalue weighted by atomic mass is 35.5. The number of hydrazone groups is 1. The fourth-order valence-electron chi connectivity index (χ4n) is 0.962. The zero-order valence-electron chi connectivity index (χ0n) is 9.62. The Morgan fingerprint density at radius 2 is 2.12 bits per heavy atom. The summed E-state index contributed by atoms with van der Waals surface area (Å²) in [6, 6.07) is 6.76. The third kappa shape index (κ3) is 3.66. The molecule has 0 aromatic heterocycles. The Hall–Kier alpha value is -1.35. The smallest absolute Gasteiger partial charge is 0.267 e. The largest absolute Gasteiger partial charge is 0.271 e. The summed E-state index contributed by atoms with van der Waals surface area (Å²) in [4.78, 5) is 11.6. The van der Waals surface area contributed by atoms with E-state index in [9.17, 15) is 4.79 Å². The van der Waals surface area contributed by atoms with Gasteiger partial charge in [0, 0.05) is 16.3 Å². The minimum absolute atomic E-state index is 0.248. The molecule has 1 aromatic rings. The van der Waals surface area contributed by atoms with Gasteiger partial charge in [-0.25, -0.2) is 5.43 Å². The van der Waals surface area contributed by atoms with Crippen LogP contribution in [0.3, 0.4) is 0 Å². The molecule has 4 heteroatoms. The second-order valence-corrected chi connectivity index (χ2v) is 4.30. The number of carbonyl (C=O) groups is 1. The maximum absolute atomic E-state index is 11.6. The van der Waals surface area contributed by atoms with E-state index in [0.29, 0.717) is 16.5 Å². The fraction of sp³-hybridized carbons (Fsp3) is 0.333. The van der Waals surface area contributed by atoms with E-state index in [1.165, 1.54) is 0 Å². The van der Waals surface area contributed by atoms with Crippen LogP contribution in [0.2, 0.25) is 5.02 Å². The van der Waals surface area contributed by atoms with Gasteiger partial charge in [0.2, 0.25) is 0 Å². The molecule has 0 atom stereocenters. The van der Waals surface area contributed by atoms with Gasteiger partial charge in [-0.3, -0.25) is 4.79 Å². The van der Waals surface area contributed by atoms with E-state index in [1.54, 1.807) is 24.3 Å². The summed E-state index contributed by atoms with van der Waals surface area (Å²) in [6.07, 6.45) is 0. The molecule has 1 N–H and O–H groups in total. The average molecular weight is 239 g/mol. The summed E-state index contributed by atoms with van der Waals surface area (Å²) in [5, 5.41) is 4.54. The van der Waals surface area contributed by atoms with E-state index >= 15 is 0 Å². The minimum atomic E-state index is -0.248. The Morgan fingerprint density at radius 1 is 1.44 bits per heavy atom. The van der Waals surface area contributed by atoms with Gasteiger partial charge >= 0.3 is 0 Å². The van der Waals surface area contributed by atoms with Crippen LogP contribution in [0.1, 0.15) is 31.1 Å². The molecule has 0 aliphatic carbocycles. The Kier molecular flexibility index (Phi) is 4.50. The van der Waals surface area contributed by atoms with Gasteiger partial charge in [0.05, 0.1) is 0 Å². The summed E-state index contributed by atoms with van der Waals surface area (Å²) >= 11 is 5.79. The van der Waals surface area contributed by atoms with Gasteiger partial charge in [0.1, 0.15) is 0 Å². The fourth-order valence-corrected chi connectivity index (χ4v) is 1.15. The summed E-state index contributed by atoms with van der Waals surface area (Å²) in [7, 11) is 0. The molecule has 3 nitrogen and oxygen atoms in total. The van der Waals surface area contributed by atoms with Crippen molar-refractivity contribution < 1.29 is 4.79 Å². The van der Waals surface area contributed by atoms with E-state index in [4.69, 9.17) is 11.6 Å². The van der Waals surface area contributed by atoms with Crippen LogP contribution in [-0.2, 0) is 0 Å². The van der Waals surface area contributed by atoms with E-state index in [0.717, 1.165) is 5.71 Å². The van der Waals surface area contributed by atoms with Gasteiger partial charge in [-0.2, -0.15) is 5.10 Å². The van der Waals surface area contributed by atoms with Crippen molar-refractivity contribution in [3.05, 3.63) is 34.9 Å². The molecule has 0 saturated carbocycles. The third-order valence-electron chi connectivity index (χ3n) is 2.26. The van der Waals surface area contributed by atoms with Gasteiger partial charge < -0.3 is 0 Å². The van der Waals surface area contributed by atoms with Crippen LogP contribution < -0.4 is 5.43 Å². The second-order valence-electron chi connectivity index (χ2n) is 3.86. The lowest BCUT2D eigenvalue weighted by Gasteiger charge is -2.05. The SMILES string of the molecule is CC(=NNC(=O)c1cccc(Cl)c1)C(C)C. The van der Waals surface area contributed by atoms with Crippen LogP contribution in [-0.4, -0.2) is 11.6 Å². The van der Waals surface area contributed by atoms with Crippen LogP contribution in [0, 0.1) is 5.92 Å². The number of nitrogens with one attached hydrogen (secondary N) is 1. The molecular weight excluding hydrogens is 224 g/mol. The Bertz CT molecular complexity index is 413. The monoisotopic (exact) mass is 238 g/mol. The Morgan fingerprint density at radius 3 is 2.69 bits per heavy atom. The molecule has 86 valence electrons. The normalized spacial score (nSPS) is 11.7. The lowest BCUT2D eigenvalue weighted by atomic mass is 10.1. The maximum atomic E-state index is 11.6. The van der Waals surface area contributed by atoms with Crippen molar-refractivity contribution in [1.82, 2.24) is 5.43 Å². The molecule has 0 heterocycles. The van der Waals surface area contributed by atoms with Crippen molar-refractivity contribution >= 4 is 23.2 Å². The predicted octanol–water partition coefficient (Wildman–Crippen LogP) is 3.10. The number of amides is 1. The van der Waals surface area contributed by atoms with Crippen molar-refractivity contribution in [3.8, 4) is 0 Å². The molecule has 0 radical (unpaired) electrons. The van der Waals surface area contributed by atoms with Crippen molar-refractivity contribution in [2.75, 3.05) is 0 Å². The summed E-state index contributed by atoms with van der Waals surface area (Å²) < 4.78 is 0. The van der Waals surface area contributed by atoms with Crippen molar-refractivity contribution in [1.29, 1.82) is 0 Å². The third-order valence-corrected chi connectivity index (χ3v) is 2.49. The lowest BCUT2D eigenvalue weighted by molar-refractivity contribution is 0.0954. The first-order valence-corrected chi connectivity index (χ1v) is 5.48. The Labute approximate surface area is 101 Å². The quantitative estimate of drug-likeness (QED) is 0.638. The highest BCUT2D eigenvalue weighted by molar-refractivity contribution is 6.30. The molecule has 0 bridgehead atoms. The molecule has 16 heavy (non-hydrogen) atoms. The second kappa shape index (κ2) is 5.66. The summed E-state index contributed by atoms with van der Waals surface area (Å²) in [6.45, 7) is 5.91. The van der Waals surface area contributed by atoms with Crippen molar-refractivity contribution in [2.45, 2.75) is 20.8 Å². The first-order chi connectivity index (χ1) is 7.50. The zero-order chi connectivity index (χ0) is 12.1. The zero-order valence-corrected chi connectivity index (χ0v) is 10.4. The number of benzene rings is 1. The van der Waals surface area contributed by atoms with Gasteiger partial charge in [-0.1, -0.05) is 31.5 Å². The molecule has 0 aliphatic rings. The molecule has 0 saturated heterocycles. The predicted molar refractivity (Wildman–Crippen MR) is 66.9 cm³/mol. The van der Waals surface area contributed by atoms with Gasteiger partial charge in [-0.15, -0.1) is 0 Å². The van der Waals surface area contributed by atoms with Crippen LogP contribution >= 0.6 is 11.6 Å². The standard InChI is InChI=1S/C12H15ClN2O/c1-8(2)9(3)14-15-12(16)10-5-4-6-11(13)7-10/h4-8H,1-3H3,(H,15,16). The molecular formula is C12H15ClN2O. The van der Waals surface area contributed by atoms with Crippen LogP contribution in [0.5, 0.6) is 0 Å². The topological polar surface area (TPSA) is 41.5 Å². The molecule has 1 rings (SSSR count). The molecule has 0 unspecified atom stereocenters. The van der Waals surface area contributed by atoms with Crippen molar-refractivity contribution in [2.24, 2.45) is 11.0 Å². The first kappa shape index (κ1) is 12.7. The van der Waals surface area contributed by atoms with E-state index in [2.05, 4.69) is 10.5 Å². The highest BCUT2D eigenvalue weighted by Gasteiger charge is 2.05. The molecule has 1 amide bonds. The number of hydrogen-bond donors (Lipinski definition) is 1. The van der Waals surface area contributed by atoms with Crippen LogP contribution in [0.4, 0.5) is 0 Å². The van der Waals surface area contributed by atoms with Crippen molar-refractivity contribution in [3.63, 3.8) is 0 Å².